The highest BCUT2D eigenvalue weighted by Crippen LogP contribution is 2.31. The van der Waals surface area contributed by atoms with Crippen molar-refractivity contribution in [3.05, 3.63) is 88.6 Å². The summed E-state index contributed by atoms with van der Waals surface area (Å²) in [6.45, 7) is 4.24. The molecular formula is C28H30F2N2O2. The van der Waals surface area contributed by atoms with E-state index in [2.05, 4.69) is 36.1 Å². The Bertz CT molecular complexity index is 1110. The van der Waals surface area contributed by atoms with Crippen LogP contribution in [0.5, 0.6) is 5.75 Å². The number of piperidine rings is 1. The van der Waals surface area contributed by atoms with Gasteiger partial charge in [0.2, 0.25) is 0 Å². The average molecular weight is 465 g/mol. The highest BCUT2D eigenvalue weighted by Gasteiger charge is 2.22. The molecule has 0 aliphatic carbocycles. The number of ether oxygens (including phenoxy) is 1. The summed E-state index contributed by atoms with van der Waals surface area (Å²) < 4.78 is 35.8. The Balaban J connectivity index is 1.35. The van der Waals surface area contributed by atoms with Crippen molar-refractivity contribution in [1.82, 2.24) is 0 Å². The summed E-state index contributed by atoms with van der Waals surface area (Å²) in [4.78, 5) is 2.35. The zero-order valence-electron chi connectivity index (χ0n) is 19.6. The van der Waals surface area contributed by atoms with Crippen LogP contribution in [0.4, 0.5) is 14.5 Å². The summed E-state index contributed by atoms with van der Waals surface area (Å²) in [6, 6.07) is 18.2. The summed E-state index contributed by atoms with van der Waals surface area (Å²) >= 11 is 0. The Morgan fingerprint density at radius 3 is 2.15 bits per heavy atom. The zero-order valence-corrected chi connectivity index (χ0v) is 19.6. The van der Waals surface area contributed by atoms with Gasteiger partial charge in [-0.15, -0.1) is 0 Å². The van der Waals surface area contributed by atoms with Crippen molar-refractivity contribution in [3.8, 4) is 16.9 Å². The first kappa shape index (κ1) is 23.7. The summed E-state index contributed by atoms with van der Waals surface area (Å²) in [7, 11) is 1.39. The fourth-order valence-electron chi connectivity index (χ4n) is 4.34. The number of hydroxylamine groups is 1. The third kappa shape index (κ3) is 5.74. The number of hydrogen-bond donors (Lipinski definition) is 0. The molecule has 3 aromatic carbocycles. The van der Waals surface area contributed by atoms with E-state index in [1.165, 1.54) is 36.6 Å². The normalized spacial score (nSPS) is 14.9. The smallest absolute Gasteiger partial charge is 0.190 e. The molecule has 0 aromatic heterocycles. The summed E-state index contributed by atoms with van der Waals surface area (Å²) in [5.41, 5.74) is 4.34. The van der Waals surface area contributed by atoms with Gasteiger partial charge in [-0.25, -0.2) is 13.5 Å². The Morgan fingerprint density at radius 1 is 0.971 bits per heavy atom. The van der Waals surface area contributed by atoms with E-state index >= 15 is 0 Å². The molecule has 0 atom stereocenters. The first-order valence-electron chi connectivity index (χ1n) is 11.7. The van der Waals surface area contributed by atoms with Crippen LogP contribution < -0.4 is 9.64 Å². The second-order valence-electron chi connectivity index (χ2n) is 8.83. The predicted octanol–water partition coefficient (Wildman–Crippen LogP) is 6.05. The van der Waals surface area contributed by atoms with Crippen LogP contribution >= 0.6 is 0 Å². The number of halogens is 2. The molecule has 1 saturated heterocycles. The van der Waals surface area contributed by atoms with E-state index in [9.17, 15) is 14.0 Å². The molecule has 4 nitrogen and oxygen atoms in total. The Kier molecular flexibility index (Phi) is 7.46. The fourth-order valence-corrected chi connectivity index (χ4v) is 4.34. The van der Waals surface area contributed by atoms with E-state index in [1.54, 1.807) is 24.3 Å². The first-order chi connectivity index (χ1) is 16.4. The van der Waals surface area contributed by atoms with Crippen LogP contribution in [-0.4, -0.2) is 37.7 Å². The molecule has 178 valence electrons. The topological polar surface area (TPSA) is 38.5 Å². The van der Waals surface area contributed by atoms with Crippen LogP contribution in [-0.2, 0) is 6.42 Å². The molecule has 4 rings (SSSR count). The molecule has 1 heterocycles. The Labute approximate surface area is 199 Å². The van der Waals surface area contributed by atoms with E-state index in [1.807, 2.05) is 0 Å². The number of anilines is 1. The molecule has 1 aliphatic rings. The molecule has 6 heteroatoms. The molecule has 0 spiro atoms. The van der Waals surface area contributed by atoms with Crippen LogP contribution in [0.3, 0.4) is 0 Å². The van der Waals surface area contributed by atoms with Crippen molar-refractivity contribution in [2.24, 2.45) is 5.92 Å². The van der Waals surface area contributed by atoms with Crippen LogP contribution in [0.2, 0.25) is 0 Å². The molecule has 0 radical (unpaired) electrons. The highest BCUT2D eigenvalue weighted by atomic mass is 19.1. The van der Waals surface area contributed by atoms with Crippen LogP contribution in [0.25, 0.3) is 11.1 Å². The highest BCUT2D eigenvalue weighted by molar-refractivity contribution is 5.77. The van der Waals surface area contributed by atoms with E-state index in [0.29, 0.717) is 28.0 Å². The molecule has 1 aliphatic heterocycles. The number of benzene rings is 3. The maximum atomic E-state index is 14.7. The Morgan fingerprint density at radius 2 is 1.59 bits per heavy atom. The molecule has 0 saturated carbocycles. The lowest BCUT2D eigenvalue weighted by Crippen LogP contribution is -2.35. The summed E-state index contributed by atoms with van der Waals surface area (Å²) in [5.74, 6) is -1.48. The first-order valence-corrected chi connectivity index (χ1v) is 11.7. The van der Waals surface area contributed by atoms with Gasteiger partial charge in [0.15, 0.2) is 23.6 Å². The van der Waals surface area contributed by atoms with Gasteiger partial charge in [-0.3, -0.25) is 0 Å². The van der Waals surface area contributed by atoms with Gasteiger partial charge in [0.1, 0.15) is 7.05 Å². The SMILES string of the molecule is CCc1ccc(N2CCC(COc3c(F)cc(-c4ccc(/C=[N+](/C)[O-])cc4)cc3F)CC2)cc1. The third-order valence-electron chi connectivity index (χ3n) is 6.36. The minimum Gasteiger partial charge on any atom is -0.624 e. The maximum absolute atomic E-state index is 14.7. The standard InChI is InChI=1S/C28H30F2N2O2/c1-3-20-6-10-25(11-7-20)32-14-12-22(13-15-32)19-34-28-26(29)16-24(17-27(28)30)23-8-4-21(5-9-23)18-31(2)33/h4-11,16-18,22H,3,12-15,19H2,1-2H3/b31-18-. The van der Waals surface area contributed by atoms with Gasteiger partial charge < -0.3 is 14.8 Å². The lowest BCUT2D eigenvalue weighted by Gasteiger charge is -2.33. The van der Waals surface area contributed by atoms with E-state index < -0.39 is 11.6 Å². The lowest BCUT2D eigenvalue weighted by atomic mass is 9.97. The average Bonchev–Trinajstić information content (AvgIpc) is 2.84. The van der Waals surface area contributed by atoms with Crippen molar-refractivity contribution in [2.75, 3.05) is 31.6 Å². The Hall–Kier alpha value is -3.41. The fraction of sp³-hybridized carbons (Fsp3) is 0.321. The number of rotatable bonds is 7. The van der Waals surface area contributed by atoms with E-state index in [4.69, 9.17) is 4.74 Å². The van der Waals surface area contributed by atoms with Gasteiger partial charge in [-0.2, -0.15) is 0 Å². The van der Waals surface area contributed by atoms with Gasteiger partial charge in [0, 0.05) is 24.3 Å². The summed E-state index contributed by atoms with van der Waals surface area (Å²) in [5, 5.41) is 11.1. The zero-order chi connectivity index (χ0) is 24.1. The quantitative estimate of drug-likeness (QED) is 0.185. The van der Waals surface area contributed by atoms with Crippen molar-refractivity contribution < 1.29 is 18.3 Å². The van der Waals surface area contributed by atoms with Gasteiger partial charge in [-0.05, 0) is 78.3 Å². The van der Waals surface area contributed by atoms with Crippen molar-refractivity contribution >= 4 is 11.9 Å². The van der Waals surface area contributed by atoms with Crippen molar-refractivity contribution in [1.29, 1.82) is 0 Å². The van der Waals surface area contributed by atoms with Crippen LogP contribution in [0.1, 0.15) is 30.9 Å². The minimum absolute atomic E-state index is 0.257. The van der Waals surface area contributed by atoms with E-state index in [0.717, 1.165) is 32.4 Å². The predicted molar refractivity (Wildman–Crippen MR) is 133 cm³/mol. The van der Waals surface area contributed by atoms with Gasteiger partial charge >= 0.3 is 0 Å². The second kappa shape index (κ2) is 10.7. The molecule has 0 amide bonds. The number of nitrogens with zero attached hydrogens (tertiary/aromatic N) is 2. The maximum Gasteiger partial charge on any atom is 0.190 e. The lowest BCUT2D eigenvalue weighted by molar-refractivity contribution is -0.416. The van der Waals surface area contributed by atoms with Crippen molar-refractivity contribution in [3.63, 3.8) is 0 Å². The largest absolute Gasteiger partial charge is 0.624 e. The van der Waals surface area contributed by atoms with Crippen LogP contribution in [0, 0.1) is 22.8 Å². The minimum atomic E-state index is -0.710. The molecule has 3 aromatic rings. The monoisotopic (exact) mass is 464 g/mol. The van der Waals surface area contributed by atoms with Crippen LogP contribution in [0.15, 0.2) is 60.7 Å². The van der Waals surface area contributed by atoms with Crippen molar-refractivity contribution in [2.45, 2.75) is 26.2 Å². The molecule has 1 fully saturated rings. The van der Waals surface area contributed by atoms with E-state index in [-0.39, 0.29) is 11.7 Å². The summed E-state index contributed by atoms with van der Waals surface area (Å²) in [6.07, 6.45) is 4.28. The number of aryl methyl sites for hydroxylation is 1. The van der Waals surface area contributed by atoms with Gasteiger partial charge in [0.05, 0.1) is 6.61 Å². The molecular weight excluding hydrogens is 434 g/mol. The molecule has 0 unspecified atom stereocenters. The second-order valence-corrected chi connectivity index (χ2v) is 8.83. The molecule has 0 N–H and O–H groups in total. The van der Waals surface area contributed by atoms with Gasteiger partial charge in [0.25, 0.3) is 0 Å². The third-order valence-corrected chi connectivity index (χ3v) is 6.36. The van der Waals surface area contributed by atoms with Gasteiger partial charge in [-0.1, -0.05) is 31.2 Å². The number of hydrogen-bond acceptors (Lipinski definition) is 3. The molecule has 34 heavy (non-hydrogen) atoms. The molecule has 0 bridgehead atoms.